The number of amides is 2. The van der Waals surface area contributed by atoms with E-state index in [0.29, 0.717) is 0 Å². The van der Waals surface area contributed by atoms with Gasteiger partial charge in [-0.2, -0.15) is 0 Å². The lowest BCUT2D eigenvalue weighted by Gasteiger charge is -2.24. The molecule has 0 bridgehead atoms. The van der Waals surface area contributed by atoms with E-state index in [1.807, 2.05) is 66.7 Å². The Morgan fingerprint density at radius 1 is 0.938 bits per heavy atom. The van der Waals surface area contributed by atoms with Crippen LogP contribution in [0.5, 0.6) is 0 Å². The van der Waals surface area contributed by atoms with Crippen molar-refractivity contribution in [3.05, 3.63) is 77.9 Å². The number of carbonyl (C=O) groups excluding carboxylic acids is 3. The normalized spacial score (nSPS) is 12.8. The number of ether oxygens (including phenoxy) is 2. The Balaban J connectivity index is 1.96. The molecular weight excluding hydrogens is 408 g/mol. The zero-order valence-electron chi connectivity index (χ0n) is 18.6. The van der Waals surface area contributed by atoms with Crippen molar-refractivity contribution in [2.24, 2.45) is 5.92 Å². The van der Waals surface area contributed by atoms with Gasteiger partial charge in [0.05, 0.1) is 7.11 Å². The summed E-state index contributed by atoms with van der Waals surface area (Å²) in [4.78, 5) is 37.3. The van der Waals surface area contributed by atoms with Crippen LogP contribution in [-0.4, -0.2) is 37.2 Å². The van der Waals surface area contributed by atoms with Crippen molar-refractivity contribution in [1.29, 1.82) is 0 Å². The Bertz CT molecular complexity index is 897. The second-order valence-corrected chi connectivity index (χ2v) is 7.56. The predicted molar refractivity (Wildman–Crippen MR) is 122 cm³/mol. The lowest BCUT2D eigenvalue weighted by Crippen LogP contribution is -2.53. The van der Waals surface area contributed by atoms with Gasteiger partial charge in [0.1, 0.15) is 18.7 Å². The van der Waals surface area contributed by atoms with Crippen LogP contribution in [0.2, 0.25) is 0 Å². The molecule has 32 heavy (non-hydrogen) atoms. The number of nitrogens with one attached hydrogen (secondary N) is 2. The van der Waals surface area contributed by atoms with Gasteiger partial charge in [0.15, 0.2) is 0 Å². The number of benzene rings is 2. The average Bonchev–Trinajstić information content (AvgIpc) is 2.81. The summed E-state index contributed by atoms with van der Waals surface area (Å²) < 4.78 is 10.0. The van der Waals surface area contributed by atoms with Crippen LogP contribution >= 0.6 is 0 Å². The first-order valence-corrected chi connectivity index (χ1v) is 10.5. The molecule has 0 heterocycles. The first-order valence-electron chi connectivity index (χ1n) is 10.5. The monoisotopic (exact) mass is 438 g/mol. The van der Waals surface area contributed by atoms with E-state index < -0.39 is 30.1 Å². The van der Waals surface area contributed by atoms with Crippen molar-refractivity contribution in [2.75, 3.05) is 7.11 Å². The van der Waals surface area contributed by atoms with Crippen LogP contribution in [0.3, 0.4) is 0 Å². The van der Waals surface area contributed by atoms with Gasteiger partial charge in [-0.25, -0.2) is 9.59 Å². The molecule has 0 aliphatic heterocycles. The smallest absolute Gasteiger partial charge is 0.408 e. The minimum absolute atomic E-state index is 0.0914. The Kier molecular flexibility index (Phi) is 9.97. The highest BCUT2D eigenvalue weighted by Gasteiger charge is 2.29. The molecule has 0 fully saturated rings. The summed E-state index contributed by atoms with van der Waals surface area (Å²) in [6.07, 6.45) is 3.20. The number of alkyl carbamates (subject to hydrolysis) is 1. The fourth-order valence-electron chi connectivity index (χ4n) is 2.95. The third-order valence-corrected chi connectivity index (χ3v) is 4.72. The third kappa shape index (κ3) is 8.26. The molecule has 0 aromatic heterocycles. The van der Waals surface area contributed by atoms with E-state index in [4.69, 9.17) is 9.47 Å². The van der Waals surface area contributed by atoms with Crippen LogP contribution in [-0.2, 0) is 25.7 Å². The lowest BCUT2D eigenvalue weighted by molar-refractivity contribution is -0.145. The molecule has 2 aromatic rings. The molecule has 0 saturated carbocycles. The number of esters is 1. The number of hydrogen-bond acceptors (Lipinski definition) is 5. The van der Waals surface area contributed by atoms with Crippen LogP contribution < -0.4 is 10.6 Å². The van der Waals surface area contributed by atoms with Crippen LogP contribution in [0.25, 0.3) is 6.08 Å². The summed E-state index contributed by atoms with van der Waals surface area (Å²) >= 11 is 0. The summed E-state index contributed by atoms with van der Waals surface area (Å²) in [5, 5.41) is 5.27. The number of rotatable bonds is 10. The Hall–Kier alpha value is -3.61. The van der Waals surface area contributed by atoms with Gasteiger partial charge in [0, 0.05) is 0 Å². The van der Waals surface area contributed by atoms with Crippen molar-refractivity contribution in [3.8, 4) is 0 Å². The first-order chi connectivity index (χ1) is 15.4. The summed E-state index contributed by atoms with van der Waals surface area (Å²) in [6, 6.07) is 17.1. The van der Waals surface area contributed by atoms with E-state index in [2.05, 4.69) is 10.6 Å². The van der Waals surface area contributed by atoms with Crippen molar-refractivity contribution in [2.45, 2.75) is 39.0 Å². The largest absolute Gasteiger partial charge is 0.467 e. The Morgan fingerprint density at radius 3 is 2.16 bits per heavy atom. The molecule has 170 valence electrons. The van der Waals surface area contributed by atoms with Crippen LogP contribution in [0.15, 0.2) is 66.7 Å². The minimum Gasteiger partial charge on any atom is -0.467 e. The van der Waals surface area contributed by atoms with Gasteiger partial charge >= 0.3 is 12.1 Å². The van der Waals surface area contributed by atoms with E-state index >= 15 is 0 Å². The van der Waals surface area contributed by atoms with Crippen molar-refractivity contribution in [1.82, 2.24) is 10.6 Å². The van der Waals surface area contributed by atoms with Crippen LogP contribution in [0.1, 0.15) is 31.4 Å². The number of hydrogen-bond donors (Lipinski definition) is 2. The van der Waals surface area contributed by atoms with Crippen molar-refractivity contribution >= 4 is 24.0 Å². The van der Waals surface area contributed by atoms with Crippen molar-refractivity contribution < 1.29 is 23.9 Å². The zero-order chi connectivity index (χ0) is 23.3. The highest BCUT2D eigenvalue weighted by Crippen LogP contribution is 2.08. The molecule has 0 unspecified atom stereocenters. The average molecular weight is 439 g/mol. The molecule has 2 aromatic carbocycles. The summed E-state index contributed by atoms with van der Waals surface area (Å²) in [5.74, 6) is -1.28. The summed E-state index contributed by atoms with van der Waals surface area (Å²) in [5.41, 5.74) is 1.81. The van der Waals surface area contributed by atoms with Gasteiger partial charge in [-0.15, -0.1) is 0 Å². The zero-order valence-corrected chi connectivity index (χ0v) is 18.6. The number of methoxy groups -OCH3 is 1. The molecule has 7 nitrogen and oxygen atoms in total. The second-order valence-electron chi connectivity index (χ2n) is 7.56. The summed E-state index contributed by atoms with van der Waals surface area (Å²) in [6.45, 7) is 3.68. The van der Waals surface area contributed by atoms with E-state index in [-0.39, 0.29) is 18.9 Å². The maximum absolute atomic E-state index is 12.8. The molecule has 0 saturated heterocycles. The fourth-order valence-corrected chi connectivity index (χ4v) is 2.95. The Labute approximate surface area is 188 Å². The molecular formula is C25H30N2O5. The molecule has 2 N–H and O–H groups in total. The standard InChI is InChI=1S/C25H30N2O5/c1-18(2)22(27-25(30)32-17-20-13-8-5-9-14-20)23(28)26-21(24(29)31-3)16-10-15-19-11-6-4-7-12-19/h4-15,18,21-22H,16-17H2,1-3H3,(H,26,28)(H,27,30)/b15-10+/t21-,22+/m0/s1. The second kappa shape index (κ2) is 12.9. The molecule has 0 aliphatic carbocycles. The van der Waals surface area contributed by atoms with Gasteiger partial charge in [-0.1, -0.05) is 86.7 Å². The maximum atomic E-state index is 12.8. The van der Waals surface area contributed by atoms with Gasteiger partial charge in [0.2, 0.25) is 5.91 Å². The van der Waals surface area contributed by atoms with E-state index in [9.17, 15) is 14.4 Å². The maximum Gasteiger partial charge on any atom is 0.408 e. The highest BCUT2D eigenvalue weighted by atomic mass is 16.5. The third-order valence-electron chi connectivity index (χ3n) is 4.72. The highest BCUT2D eigenvalue weighted by molar-refractivity contribution is 5.90. The molecule has 7 heteroatoms. The van der Waals surface area contributed by atoms with Gasteiger partial charge in [-0.3, -0.25) is 4.79 Å². The molecule has 2 atom stereocenters. The molecule has 2 amide bonds. The molecule has 0 radical (unpaired) electrons. The van der Waals surface area contributed by atoms with E-state index in [1.165, 1.54) is 7.11 Å². The van der Waals surface area contributed by atoms with Gasteiger partial charge in [0.25, 0.3) is 0 Å². The minimum atomic E-state index is -0.879. The Morgan fingerprint density at radius 2 is 1.56 bits per heavy atom. The predicted octanol–water partition coefficient (Wildman–Crippen LogP) is 3.70. The lowest BCUT2D eigenvalue weighted by atomic mass is 10.0. The van der Waals surface area contributed by atoms with Crippen LogP contribution in [0, 0.1) is 5.92 Å². The van der Waals surface area contributed by atoms with Crippen LogP contribution in [0.4, 0.5) is 4.79 Å². The van der Waals surface area contributed by atoms with Gasteiger partial charge in [-0.05, 0) is 23.5 Å². The summed E-state index contributed by atoms with van der Waals surface area (Å²) in [7, 11) is 1.27. The fraction of sp³-hybridized carbons (Fsp3) is 0.320. The topological polar surface area (TPSA) is 93.7 Å². The first kappa shape index (κ1) is 24.7. The van der Waals surface area contributed by atoms with E-state index in [0.717, 1.165) is 11.1 Å². The SMILES string of the molecule is COC(=O)[C@H](C/C=C/c1ccccc1)NC(=O)[C@H](NC(=O)OCc1ccccc1)C(C)C. The quantitative estimate of drug-likeness (QED) is 0.552. The van der Waals surface area contributed by atoms with Gasteiger partial charge < -0.3 is 20.1 Å². The molecule has 0 aliphatic rings. The van der Waals surface area contributed by atoms with E-state index in [1.54, 1.807) is 19.9 Å². The van der Waals surface area contributed by atoms with Crippen molar-refractivity contribution in [3.63, 3.8) is 0 Å². The number of carbonyl (C=O) groups is 3. The molecule has 0 spiro atoms. The molecule has 2 rings (SSSR count).